The minimum Gasteiger partial charge on any atom is -0.481 e. The maximum Gasteiger partial charge on any atom is 0.329 e. The molecule has 0 radical (unpaired) electrons. The van der Waals surface area contributed by atoms with E-state index < -0.39 is 29.5 Å². The third kappa shape index (κ3) is 5.02. The molecule has 1 unspecified atom stereocenters. The molecule has 0 saturated carbocycles. The molecule has 21 heavy (non-hydrogen) atoms. The average Bonchev–Trinajstić information content (AvgIpc) is 2.65. The van der Waals surface area contributed by atoms with Gasteiger partial charge in [-0.05, 0) is 33.1 Å². The highest BCUT2D eigenvalue weighted by Gasteiger charge is 2.42. The molecule has 1 fully saturated rings. The van der Waals surface area contributed by atoms with E-state index in [4.69, 9.17) is 9.84 Å². The summed E-state index contributed by atoms with van der Waals surface area (Å²) in [5.41, 5.74) is -0.638. The van der Waals surface area contributed by atoms with E-state index in [1.165, 1.54) is 4.90 Å². The molecule has 0 aromatic carbocycles. The highest BCUT2D eigenvalue weighted by Crippen LogP contribution is 2.25. The standard InChI is InChI=1S/C15H25NO5/c1-9(2)6-11(14(20)21-15(3,4)5)16-8-10(13(18)19)7-12(16)17/h9-11H,6-8H2,1-5H3,(H,18,19)/t10?,11-/m0/s1. The number of carbonyl (C=O) groups is 3. The summed E-state index contributed by atoms with van der Waals surface area (Å²) in [5.74, 6) is -2.30. The van der Waals surface area contributed by atoms with Gasteiger partial charge in [0.05, 0.1) is 5.92 Å². The molecule has 1 amide bonds. The number of hydrogen-bond donors (Lipinski definition) is 1. The van der Waals surface area contributed by atoms with Crippen molar-refractivity contribution in [3.05, 3.63) is 0 Å². The largest absolute Gasteiger partial charge is 0.481 e. The first kappa shape index (κ1) is 17.5. The Bertz CT molecular complexity index is 424. The second-order valence-corrected chi connectivity index (χ2v) is 6.96. The first-order valence-electron chi connectivity index (χ1n) is 7.26. The van der Waals surface area contributed by atoms with Crippen molar-refractivity contribution in [2.24, 2.45) is 11.8 Å². The van der Waals surface area contributed by atoms with Crippen LogP contribution in [0.4, 0.5) is 0 Å². The Morgan fingerprint density at radius 2 is 1.95 bits per heavy atom. The fraction of sp³-hybridized carbons (Fsp3) is 0.800. The minimum absolute atomic E-state index is 0.0489. The van der Waals surface area contributed by atoms with Crippen molar-refractivity contribution < 1.29 is 24.2 Å². The van der Waals surface area contributed by atoms with Crippen LogP contribution >= 0.6 is 0 Å². The Hall–Kier alpha value is -1.59. The van der Waals surface area contributed by atoms with E-state index in [0.717, 1.165) is 0 Å². The van der Waals surface area contributed by atoms with Crippen LogP contribution in [0, 0.1) is 11.8 Å². The number of nitrogens with zero attached hydrogens (tertiary/aromatic N) is 1. The Balaban J connectivity index is 2.90. The Morgan fingerprint density at radius 3 is 2.33 bits per heavy atom. The van der Waals surface area contributed by atoms with Crippen LogP contribution in [0.25, 0.3) is 0 Å². The second kappa shape index (κ2) is 6.45. The monoisotopic (exact) mass is 299 g/mol. The van der Waals surface area contributed by atoms with E-state index in [1.54, 1.807) is 20.8 Å². The Morgan fingerprint density at radius 1 is 1.38 bits per heavy atom. The van der Waals surface area contributed by atoms with Crippen LogP contribution in [0.1, 0.15) is 47.5 Å². The summed E-state index contributed by atoms with van der Waals surface area (Å²) in [6.45, 7) is 9.28. The first-order valence-corrected chi connectivity index (χ1v) is 7.26. The lowest BCUT2D eigenvalue weighted by Crippen LogP contribution is -2.46. The fourth-order valence-corrected chi connectivity index (χ4v) is 2.37. The predicted molar refractivity (Wildman–Crippen MR) is 76.5 cm³/mol. The van der Waals surface area contributed by atoms with Crippen molar-refractivity contribution in [2.75, 3.05) is 6.54 Å². The van der Waals surface area contributed by atoms with E-state index in [9.17, 15) is 14.4 Å². The van der Waals surface area contributed by atoms with Gasteiger partial charge in [-0.1, -0.05) is 13.8 Å². The zero-order valence-corrected chi connectivity index (χ0v) is 13.4. The van der Waals surface area contributed by atoms with Gasteiger partial charge in [0.2, 0.25) is 5.91 Å². The topological polar surface area (TPSA) is 83.9 Å². The normalized spacial score (nSPS) is 20.8. The molecular formula is C15H25NO5. The van der Waals surface area contributed by atoms with E-state index in [-0.39, 0.29) is 24.8 Å². The molecule has 1 aliphatic rings. The summed E-state index contributed by atoms with van der Waals surface area (Å²) >= 11 is 0. The second-order valence-electron chi connectivity index (χ2n) is 6.96. The van der Waals surface area contributed by atoms with Gasteiger partial charge in [-0.3, -0.25) is 9.59 Å². The Labute approximate surface area is 125 Å². The summed E-state index contributed by atoms with van der Waals surface area (Å²) in [7, 11) is 0. The van der Waals surface area contributed by atoms with Gasteiger partial charge in [0.1, 0.15) is 11.6 Å². The number of aliphatic carboxylic acids is 1. The molecule has 0 aliphatic carbocycles. The van der Waals surface area contributed by atoms with Gasteiger partial charge >= 0.3 is 11.9 Å². The lowest BCUT2D eigenvalue weighted by atomic mass is 10.0. The highest BCUT2D eigenvalue weighted by molar-refractivity contribution is 5.90. The van der Waals surface area contributed by atoms with Crippen molar-refractivity contribution in [3.8, 4) is 0 Å². The maximum atomic E-state index is 12.3. The number of carboxylic acid groups (broad SMARTS) is 1. The SMILES string of the molecule is CC(C)C[C@@H](C(=O)OC(C)(C)C)N1CC(C(=O)O)CC1=O. The first-order chi connectivity index (χ1) is 9.51. The molecule has 1 aliphatic heterocycles. The molecule has 0 bridgehead atoms. The molecule has 6 nitrogen and oxygen atoms in total. The van der Waals surface area contributed by atoms with Gasteiger partial charge < -0.3 is 14.7 Å². The number of carboxylic acids is 1. The van der Waals surface area contributed by atoms with Crippen molar-refractivity contribution in [1.82, 2.24) is 4.90 Å². The molecule has 0 aromatic rings. The highest BCUT2D eigenvalue weighted by atomic mass is 16.6. The number of likely N-dealkylation sites (tertiary alicyclic amines) is 1. The zero-order valence-electron chi connectivity index (χ0n) is 13.4. The van der Waals surface area contributed by atoms with Crippen LogP contribution in [0.3, 0.4) is 0 Å². The average molecular weight is 299 g/mol. The molecule has 6 heteroatoms. The zero-order chi connectivity index (χ0) is 16.4. The van der Waals surface area contributed by atoms with Crippen LogP contribution in [0.15, 0.2) is 0 Å². The van der Waals surface area contributed by atoms with Crippen molar-refractivity contribution >= 4 is 17.8 Å². The molecule has 1 rings (SSSR count). The number of amides is 1. The smallest absolute Gasteiger partial charge is 0.329 e. The lowest BCUT2D eigenvalue weighted by Gasteiger charge is -2.30. The van der Waals surface area contributed by atoms with Crippen LogP contribution in [0.2, 0.25) is 0 Å². The van der Waals surface area contributed by atoms with Gasteiger partial charge in [0.25, 0.3) is 0 Å². The van der Waals surface area contributed by atoms with Gasteiger partial charge in [-0.15, -0.1) is 0 Å². The molecule has 1 saturated heterocycles. The van der Waals surface area contributed by atoms with E-state index in [2.05, 4.69) is 0 Å². The molecule has 120 valence electrons. The van der Waals surface area contributed by atoms with E-state index in [0.29, 0.717) is 6.42 Å². The summed E-state index contributed by atoms with van der Waals surface area (Å²) in [6, 6.07) is -0.707. The lowest BCUT2D eigenvalue weighted by molar-refractivity contribution is -0.164. The van der Waals surface area contributed by atoms with Crippen LogP contribution in [-0.4, -0.2) is 46.0 Å². The number of hydrogen-bond acceptors (Lipinski definition) is 4. The molecule has 2 atom stereocenters. The third-order valence-corrected chi connectivity index (χ3v) is 3.26. The minimum atomic E-state index is -1.00. The summed E-state index contributed by atoms with van der Waals surface area (Å²) in [6.07, 6.45) is 0.416. The molecular weight excluding hydrogens is 274 g/mol. The van der Waals surface area contributed by atoms with Crippen LogP contribution < -0.4 is 0 Å². The van der Waals surface area contributed by atoms with Gasteiger partial charge in [-0.2, -0.15) is 0 Å². The van der Waals surface area contributed by atoms with Crippen molar-refractivity contribution in [1.29, 1.82) is 0 Å². The fourth-order valence-electron chi connectivity index (χ4n) is 2.37. The summed E-state index contributed by atoms with van der Waals surface area (Å²) in [5, 5.41) is 9.04. The van der Waals surface area contributed by atoms with Crippen molar-refractivity contribution in [3.63, 3.8) is 0 Å². The quantitative estimate of drug-likeness (QED) is 0.781. The van der Waals surface area contributed by atoms with Gasteiger partial charge in [-0.25, -0.2) is 4.79 Å². The predicted octanol–water partition coefficient (Wildman–Crippen LogP) is 1.68. The number of carbonyl (C=O) groups excluding carboxylic acids is 2. The molecule has 1 heterocycles. The van der Waals surface area contributed by atoms with Crippen LogP contribution in [0.5, 0.6) is 0 Å². The number of ether oxygens (including phenoxy) is 1. The number of esters is 1. The summed E-state index contributed by atoms with van der Waals surface area (Å²) < 4.78 is 5.38. The van der Waals surface area contributed by atoms with Gasteiger partial charge in [0.15, 0.2) is 0 Å². The summed E-state index contributed by atoms with van der Waals surface area (Å²) in [4.78, 5) is 36.8. The number of rotatable bonds is 5. The molecule has 0 spiro atoms. The van der Waals surface area contributed by atoms with Crippen LogP contribution in [-0.2, 0) is 19.1 Å². The third-order valence-electron chi connectivity index (χ3n) is 3.26. The van der Waals surface area contributed by atoms with E-state index in [1.807, 2.05) is 13.8 Å². The van der Waals surface area contributed by atoms with Crippen molar-refractivity contribution in [2.45, 2.75) is 59.1 Å². The Kier molecular flexibility index (Phi) is 5.36. The van der Waals surface area contributed by atoms with E-state index >= 15 is 0 Å². The van der Waals surface area contributed by atoms with Gasteiger partial charge in [0, 0.05) is 13.0 Å². The molecule has 0 aromatic heterocycles. The molecule has 1 N–H and O–H groups in total. The maximum absolute atomic E-state index is 12.3.